The largest absolute Gasteiger partial charge is 0.477 e. The summed E-state index contributed by atoms with van der Waals surface area (Å²) in [6.45, 7) is 2.68. The van der Waals surface area contributed by atoms with E-state index in [1.807, 2.05) is 0 Å². The molecule has 2 atom stereocenters. The highest BCUT2D eigenvalue weighted by molar-refractivity contribution is 6.18. The molecule has 12 heteroatoms. The number of hydrogen-bond acceptors (Lipinski definition) is 8. The number of nitrogens with one attached hydrogen (secondary N) is 3. The number of aromatic carboxylic acids is 1. The quantitative estimate of drug-likeness (QED) is 0.250. The molecule has 216 valence electrons. The van der Waals surface area contributed by atoms with Crippen molar-refractivity contribution in [2.24, 2.45) is 5.92 Å². The lowest BCUT2D eigenvalue weighted by molar-refractivity contribution is 0.0695. The molecule has 7 rings (SSSR count). The molecule has 11 nitrogen and oxygen atoms in total. The number of aromatic nitrogens is 4. The van der Waals surface area contributed by atoms with Crippen LogP contribution in [0.2, 0.25) is 0 Å². The topological polar surface area (TPSA) is 131 Å². The van der Waals surface area contributed by atoms with Crippen molar-refractivity contribution >= 4 is 50.3 Å². The summed E-state index contributed by atoms with van der Waals surface area (Å²) in [7, 11) is 5.55. The molecular formula is C30H31FN8O3. The van der Waals surface area contributed by atoms with Gasteiger partial charge in [0.25, 0.3) is 0 Å². The van der Waals surface area contributed by atoms with Gasteiger partial charge in [0.05, 0.1) is 27.7 Å². The minimum atomic E-state index is -1.31. The summed E-state index contributed by atoms with van der Waals surface area (Å²) in [6.07, 6.45) is 6.95. The summed E-state index contributed by atoms with van der Waals surface area (Å²) in [4.78, 5) is 42.7. The molecule has 2 aliphatic rings. The second-order valence-corrected chi connectivity index (χ2v) is 11.2. The lowest BCUT2D eigenvalue weighted by Gasteiger charge is -2.33. The van der Waals surface area contributed by atoms with Crippen molar-refractivity contribution in [3.05, 3.63) is 58.4 Å². The lowest BCUT2D eigenvalue weighted by Crippen LogP contribution is -2.42. The van der Waals surface area contributed by atoms with Crippen LogP contribution >= 0.6 is 0 Å². The minimum Gasteiger partial charge on any atom is -0.477 e. The monoisotopic (exact) mass is 570 g/mol. The van der Waals surface area contributed by atoms with Gasteiger partial charge >= 0.3 is 5.97 Å². The third-order valence-electron chi connectivity index (χ3n) is 8.94. The molecule has 2 saturated heterocycles. The van der Waals surface area contributed by atoms with Crippen molar-refractivity contribution in [3.8, 4) is 11.1 Å². The van der Waals surface area contributed by atoms with E-state index in [-0.39, 0.29) is 16.8 Å². The van der Waals surface area contributed by atoms with Gasteiger partial charge in [0.2, 0.25) is 5.43 Å². The van der Waals surface area contributed by atoms with Crippen LogP contribution in [0, 0.1) is 11.7 Å². The minimum absolute atomic E-state index is 0.171. The maximum atomic E-state index is 14.9. The fourth-order valence-corrected chi connectivity index (χ4v) is 6.91. The van der Waals surface area contributed by atoms with E-state index in [9.17, 15) is 19.1 Å². The molecule has 2 fully saturated rings. The number of likely N-dealkylation sites (N-methyl/N-ethyl adjacent to an activating group) is 1. The fraction of sp³-hybridized carbons (Fsp3) is 0.333. The van der Waals surface area contributed by atoms with Crippen LogP contribution in [0.1, 0.15) is 23.2 Å². The second-order valence-electron chi connectivity index (χ2n) is 11.2. The van der Waals surface area contributed by atoms with Crippen LogP contribution in [-0.4, -0.2) is 82.4 Å². The molecule has 4 aromatic heterocycles. The number of carboxylic acids is 1. The van der Waals surface area contributed by atoms with Crippen LogP contribution in [0.5, 0.6) is 0 Å². The maximum Gasteiger partial charge on any atom is 0.341 e. The number of carbonyl (C=O) groups is 1. The average molecular weight is 571 g/mol. The summed E-state index contributed by atoms with van der Waals surface area (Å²) in [5.74, 6) is -1.18. The molecule has 5 aromatic rings. The molecular weight excluding hydrogens is 539 g/mol. The molecule has 0 saturated carbocycles. The highest BCUT2D eigenvalue weighted by atomic mass is 19.1. The molecule has 2 aliphatic heterocycles. The van der Waals surface area contributed by atoms with Crippen molar-refractivity contribution in [3.63, 3.8) is 0 Å². The Kier molecular flexibility index (Phi) is 6.05. The van der Waals surface area contributed by atoms with Gasteiger partial charge in [-0.2, -0.15) is 0 Å². The van der Waals surface area contributed by atoms with Crippen LogP contribution in [0.3, 0.4) is 0 Å². The van der Waals surface area contributed by atoms with E-state index >= 15 is 0 Å². The van der Waals surface area contributed by atoms with Gasteiger partial charge < -0.3 is 30.6 Å². The zero-order chi connectivity index (χ0) is 29.3. The summed E-state index contributed by atoms with van der Waals surface area (Å²) in [5.41, 5.74) is 6.50. The van der Waals surface area contributed by atoms with Crippen molar-refractivity contribution < 1.29 is 14.3 Å². The van der Waals surface area contributed by atoms with Crippen LogP contribution < -0.4 is 21.1 Å². The number of anilines is 2. The van der Waals surface area contributed by atoms with Gasteiger partial charge in [0.15, 0.2) is 5.65 Å². The number of halogens is 1. The van der Waals surface area contributed by atoms with Crippen molar-refractivity contribution in [2.45, 2.75) is 18.9 Å². The summed E-state index contributed by atoms with van der Waals surface area (Å²) >= 11 is 0. The summed E-state index contributed by atoms with van der Waals surface area (Å²) in [6, 6.07) is 5.06. The van der Waals surface area contributed by atoms with Gasteiger partial charge in [-0.3, -0.25) is 4.79 Å². The Morgan fingerprint density at radius 2 is 1.98 bits per heavy atom. The predicted octanol–water partition coefficient (Wildman–Crippen LogP) is 3.68. The number of H-pyrrole nitrogens is 1. The number of aromatic amines is 1. The van der Waals surface area contributed by atoms with Crippen molar-refractivity contribution in [2.75, 3.05) is 56.4 Å². The Morgan fingerprint density at radius 1 is 1.14 bits per heavy atom. The van der Waals surface area contributed by atoms with E-state index < -0.39 is 11.4 Å². The van der Waals surface area contributed by atoms with Crippen LogP contribution in [0.4, 0.5) is 15.8 Å². The van der Waals surface area contributed by atoms with E-state index in [2.05, 4.69) is 37.6 Å². The first kappa shape index (κ1) is 26.2. The Bertz CT molecular complexity index is 1970. The number of benzene rings is 1. The Morgan fingerprint density at radius 3 is 2.71 bits per heavy atom. The molecule has 0 amide bonds. The highest BCUT2D eigenvalue weighted by Crippen LogP contribution is 2.45. The zero-order valence-corrected chi connectivity index (χ0v) is 23.5. The first-order valence-corrected chi connectivity index (χ1v) is 14.0. The number of likely N-dealkylation sites (tertiary alicyclic amines) is 1. The van der Waals surface area contributed by atoms with E-state index in [0.717, 1.165) is 54.6 Å². The average Bonchev–Trinajstić information content (AvgIpc) is 3.59. The molecule has 4 N–H and O–H groups in total. The van der Waals surface area contributed by atoms with Gasteiger partial charge in [-0.1, -0.05) is 0 Å². The van der Waals surface area contributed by atoms with Crippen LogP contribution in [-0.2, 0) is 0 Å². The second kappa shape index (κ2) is 9.69. The number of piperidine rings is 1. The molecule has 0 radical (unpaired) electrons. The van der Waals surface area contributed by atoms with Crippen molar-refractivity contribution in [1.82, 2.24) is 24.5 Å². The lowest BCUT2D eigenvalue weighted by atomic mass is 9.93. The predicted molar refractivity (Wildman–Crippen MR) is 162 cm³/mol. The fourth-order valence-electron chi connectivity index (χ4n) is 6.91. The van der Waals surface area contributed by atoms with Gasteiger partial charge in [-0.15, -0.1) is 0 Å². The van der Waals surface area contributed by atoms with E-state index in [4.69, 9.17) is 4.98 Å². The molecule has 0 spiro atoms. The number of pyridine rings is 3. The van der Waals surface area contributed by atoms with Gasteiger partial charge in [0.1, 0.15) is 17.0 Å². The zero-order valence-electron chi connectivity index (χ0n) is 23.5. The standard InChI is InChI=1S/C30H31FN8O3/c1-32-22-9-17(31)8-18-24-26(38-12-15-5-4-6-37(3)23(15)14-38)20(11-34-28(24)36-25(18)22)16-7-19-27(40)21(30(41)42)13-39(33-2)29(19)35-10-16/h7-11,13,15,23,32-33H,4-6,12,14H2,1-3H3,(H,34,36)(H,41,42). The molecule has 42 heavy (non-hydrogen) atoms. The maximum absolute atomic E-state index is 14.9. The molecule has 2 unspecified atom stereocenters. The first-order chi connectivity index (χ1) is 20.3. The normalized spacial score (nSPS) is 19.1. The first-order valence-electron chi connectivity index (χ1n) is 14.0. The Balaban J connectivity index is 1.52. The Labute approximate surface area is 239 Å². The Hall–Kier alpha value is -4.71. The molecule has 0 bridgehead atoms. The number of fused-ring (bicyclic) bond motifs is 5. The third-order valence-corrected chi connectivity index (χ3v) is 8.94. The van der Waals surface area contributed by atoms with E-state index in [1.54, 1.807) is 32.6 Å². The van der Waals surface area contributed by atoms with Crippen LogP contribution in [0.15, 0.2) is 41.6 Å². The molecule has 1 aromatic carbocycles. The summed E-state index contributed by atoms with van der Waals surface area (Å²) in [5, 5.41) is 14.4. The third kappa shape index (κ3) is 3.89. The summed E-state index contributed by atoms with van der Waals surface area (Å²) < 4.78 is 16.3. The van der Waals surface area contributed by atoms with Gasteiger partial charge in [-0.05, 0) is 50.6 Å². The number of nitrogens with zero attached hydrogens (tertiary/aromatic N) is 5. The van der Waals surface area contributed by atoms with Crippen LogP contribution in [0.25, 0.3) is 44.1 Å². The van der Waals surface area contributed by atoms with E-state index in [1.165, 1.54) is 23.0 Å². The molecule has 0 aliphatic carbocycles. The number of rotatable bonds is 5. The molecule has 6 heterocycles. The van der Waals surface area contributed by atoms with Crippen molar-refractivity contribution in [1.29, 1.82) is 0 Å². The smallest absolute Gasteiger partial charge is 0.341 e. The number of hydrogen-bond donors (Lipinski definition) is 4. The number of carboxylic acid groups (broad SMARTS) is 1. The van der Waals surface area contributed by atoms with Gasteiger partial charge in [0, 0.05) is 68.3 Å². The van der Waals surface area contributed by atoms with E-state index in [0.29, 0.717) is 39.9 Å². The highest BCUT2D eigenvalue weighted by Gasteiger charge is 2.39. The SMILES string of the molecule is CNc1cc(F)cc2c1[nH]c1ncc(-c3cnc4c(c3)c(=O)c(C(=O)O)cn4NC)c(N3CC4CCCN(C)C4C3)c12. The van der Waals surface area contributed by atoms with Gasteiger partial charge in [-0.25, -0.2) is 23.8 Å².